The van der Waals surface area contributed by atoms with Crippen molar-refractivity contribution in [2.45, 2.75) is 13.3 Å². The lowest BCUT2D eigenvalue weighted by molar-refractivity contribution is 0.0698. The van der Waals surface area contributed by atoms with Crippen LogP contribution in [-0.4, -0.2) is 30.8 Å². The average molecular weight is 264 g/mol. The van der Waals surface area contributed by atoms with Crippen molar-refractivity contribution >= 4 is 17.3 Å². The lowest BCUT2D eigenvalue weighted by atomic mass is 10.1. The molecule has 0 saturated carbocycles. The van der Waals surface area contributed by atoms with Crippen LogP contribution < -0.4 is 11.1 Å². The monoisotopic (exact) mass is 264 g/mol. The number of ether oxygens (including phenoxy) is 1. The van der Waals surface area contributed by atoms with E-state index in [4.69, 9.17) is 15.6 Å². The first-order chi connectivity index (χ1) is 9.06. The molecule has 104 valence electrons. The van der Waals surface area contributed by atoms with Gasteiger partial charge in [-0.3, -0.25) is 0 Å². The Bertz CT molecular complexity index is 458. The first-order valence-corrected chi connectivity index (χ1v) is 6.12. The Kier molecular flexibility index (Phi) is 5.89. The second-order valence-electron chi connectivity index (χ2n) is 4.18. The van der Waals surface area contributed by atoms with Gasteiger partial charge < -0.3 is 20.9 Å². The molecule has 0 aromatic heterocycles. The molecule has 0 radical (unpaired) electrons. The van der Waals surface area contributed by atoms with Gasteiger partial charge >= 0.3 is 5.97 Å². The second-order valence-corrected chi connectivity index (χ2v) is 4.18. The molecule has 0 fully saturated rings. The maximum Gasteiger partial charge on any atom is 0.337 e. The Balaban J connectivity index is 2.54. The predicted octanol–water partition coefficient (Wildman–Crippen LogP) is 2.28. The highest BCUT2D eigenvalue weighted by molar-refractivity contribution is 5.95. The van der Waals surface area contributed by atoms with Gasteiger partial charge in [0, 0.05) is 17.9 Å². The van der Waals surface area contributed by atoms with Gasteiger partial charge in [-0.2, -0.15) is 0 Å². The summed E-state index contributed by atoms with van der Waals surface area (Å²) in [6.07, 6.45) is 2.63. The van der Waals surface area contributed by atoms with Crippen molar-refractivity contribution in [3.05, 3.63) is 35.9 Å². The van der Waals surface area contributed by atoms with Gasteiger partial charge in [-0.1, -0.05) is 6.08 Å². The van der Waals surface area contributed by atoms with E-state index in [0.29, 0.717) is 25.4 Å². The molecule has 0 heterocycles. The van der Waals surface area contributed by atoms with Crippen molar-refractivity contribution < 1.29 is 14.6 Å². The third kappa shape index (κ3) is 4.63. The van der Waals surface area contributed by atoms with E-state index in [-0.39, 0.29) is 5.56 Å². The molecule has 5 nitrogen and oxygen atoms in total. The summed E-state index contributed by atoms with van der Waals surface area (Å²) in [7, 11) is 0. The van der Waals surface area contributed by atoms with Crippen LogP contribution in [0.1, 0.15) is 22.3 Å². The fourth-order valence-corrected chi connectivity index (χ4v) is 1.61. The molecule has 0 atom stereocenters. The number of nitrogens with two attached hydrogens (primary N) is 1. The van der Waals surface area contributed by atoms with Crippen LogP contribution in [0.4, 0.5) is 11.4 Å². The number of aromatic carboxylic acids is 1. The smallest absolute Gasteiger partial charge is 0.337 e. The SMILES string of the molecule is C=CCCOCCNc1cc(C)c(N)c(C(=O)O)c1. The van der Waals surface area contributed by atoms with Gasteiger partial charge in [-0.25, -0.2) is 4.79 Å². The molecular formula is C14H20N2O3. The van der Waals surface area contributed by atoms with Crippen molar-refractivity contribution in [2.24, 2.45) is 0 Å². The second kappa shape index (κ2) is 7.43. The number of benzene rings is 1. The number of rotatable bonds is 8. The summed E-state index contributed by atoms with van der Waals surface area (Å²) in [4.78, 5) is 11.0. The topological polar surface area (TPSA) is 84.6 Å². The fourth-order valence-electron chi connectivity index (χ4n) is 1.61. The van der Waals surface area contributed by atoms with Gasteiger partial charge in [0.1, 0.15) is 0 Å². The van der Waals surface area contributed by atoms with Gasteiger partial charge in [0.05, 0.1) is 18.8 Å². The fraction of sp³-hybridized carbons (Fsp3) is 0.357. The summed E-state index contributed by atoms with van der Waals surface area (Å²) < 4.78 is 5.35. The molecule has 1 aromatic rings. The van der Waals surface area contributed by atoms with Crippen LogP contribution in [0.25, 0.3) is 0 Å². The number of anilines is 2. The molecular weight excluding hydrogens is 244 g/mol. The van der Waals surface area contributed by atoms with E-state index in [0.717, 1.165) is 17.7 Å². The molecule has 0 aliphatic carbocycles. The summed E-state index contributed by atoms with van der Waals surface area (Å²) in [5.74, 6) is -1.02. The Morgan fingerprint density at radius 3 is 2.89 bits per heavy atom. The highest BCUT2D eigenvalue weighted by Crippen LogP contribution is 2.22. The Labute approximate surface area is 113 Å². The molecule has 19 heavy (non-hydrogen) atoms. The zero-order valence-corrected chi connectivity index (χ0v) is 11.1. The van der Waals surface area contributed by atoms with Crippen LogP contribution >= 0.6 is 0 Å². The van der Waals surface area contributed by atoms with Gasteiger partial charge in [0.2, 0.25) is 0 Å². The largest absolute Gasteiger partial charge is 0.478 e. The van der Waals surface area contributed by atoms with Crippen LogP contribution in [0.15, 0.2) is 24.8 Å². The Hall–Kier alpha value is -2.01. The number of nitrogen functional groups attached to an aromatic ring is 1. The summed E-state index contributed by atoms with van der Waals surface area (Å²) in [6, 6.07) is 3.36. The maximum atomic E-state index is 11.0. The predicted molar refractivity (Wildman–Crippen MR) is 76.7 cm³/mol. The first-order valence-electron chi connectivity index (χ1n) is 6.12. The van der Waals surface area contributed by atoms with Crippen molar-refractivity contribution in [3.63, 3.8) is 0 Å². The first kappa shape index (κ1) is 15.0. The van der Waals surface area contributed by atoms with Crippen LogP contribution in [0.2, 0.25) is 0 Å². The highest BCUT2D eigenvalue weighted by atomic mass is 16.5. The average Bonchev–Trinajstić information content (AvgIpc) is 2.37. The van der Waals surface area contributed by atoms with Crippen molar-refractivity contribution in [2.75, 3.05) is 30.8 Å². The van der Waals surface area contributed by atoms with Crippen LogP contribution in [0.5, 0.6) is 0 Å². The van der Waals surface area contributed by atoms with Crippen molar-refractivity contribution in [1.82, 2.24) is 0 Å². The van der Waals surface area contributed by atoms with Gasteiger partial charge in [-0.15, -0.1) is 6.58 Å². The normalized spacial score (nSPS) is 10.2. The maximum absolute atomic E-state index is 11.0. The summed E-state index contributed by atoms with van der Waals surface area (Å²) in [5.41, 5.74) is 7.62. The molecule has 0 spiro atoms. The summed E-state index contributed by atoms with van der Waals surface area (Å²) in [5, 5.41) is 12.2. The van der Waals surface area contributed by atoms with E-state index in [9.17, 15) is 4.79 Å². The standard InChI is InChI=1S/C14H20N2O3/c1-3-4-6-19-7-5-16-11-8-10(2)13(15)12(9-11)14(17)18/h3,8-9,16H,1,4-7,15H2,2H3,(H,17,18). The molecule has 0 bridgehead atoms. The molecule has 0 aliphatic heterocycles. The lowest BCUT2D eigenvalue weighted by Crippen LogP contribution is -2.11. The number of carboxylic acid groups (broad SMARTS) is 1. The highest BCUT2D eigenvalue weighted by Gasteiger charge is 2.11. The zero-order valence-electron chi connectivity index (χ0n) is 11.1. The van der Waals surface area contributed by atoms with Gasteiger partial charge in [0.25, 0.3) is 0 Å². The minimum absolute atomic E-state index is 0.120. The van der Waals surface area contributed by atoms with Crippen molar-refractivity contribution in [1.29, 1.82) is 0 Å². The van der Waals surface area contributed by atoms with Crippen molar-refractivity contribution in [3.8, 4) is 0 Å². The molecule has 1 rings (SSSR count). The van der Waals surface area contributed by atoms with E-state index in [2.05, 4.69) is 11.9 Å². The van der Waals surface area contributed by atoms with Crippen LogP contribution in [0, 0.1) is 6.92 Å². The number of hydrogen-bond acceptors (Lipinski definition) is 4. The zero-order chi connectivity index (χ0) is 14.3. The molecule has 5 heteroatoms. The summed E-state index contributed by atoms with van der Waals surface area (Å²) in [6.45, 7) is 7.20. The number of hydrogen-bond donors (Lipinski definition) is 3. The number of nitrogens with one attached hydrogen (secondary N) is 1. The minimum atomic E-state index is -1.02. The Morgan fingerprint density at radius 1 is 1.53 bits per heavy atom. The third-order valence-electron chi connectivity index (χ3n) is 2.66. The van der Waals surface area contributed by atoms with E-state index >= 15 is 0 Å². The number of carbonyl (C=O) groups is 1. The summed E-state index contributed by atoms with van der Waals surface area (Å²) >= 11 is 0. The Morgan fingerprint density at radius 2 is 2.26 bits per heavy atom. The molecule has 0 amide bonds. The third-order valence-corrected chi connectivity index (χ3v) is 2.66. The molecule has 4 N–H and O–H groups in total. The molecule has 0 saturated heterocycles. The van der Waals surface area contributed by atoms with E-state index < -0.39 is 5.97 Å². The van der Waals surface area contributed by atoms with E-state index in [1.807, 2.05) is 6.07 Å². The molecule has 0 unspecified atom stereocenters. The van der Waals surface area contributed by atoms with Gasteiger partial charge in [-0.05, 0) is 31.0 Å². The lowest BCUT2D eigenvalue weighted by Gasteiger charge is -2.11. The van der Waals surface area contributed by atoms with Crippen LogP contribution in [-0.2, 0) is 4.74 Å². The van der Waals surface area contributed by atoms with E-state index in [1.54, 1.807) is 13.0 Å². The number of aryl methyl sites for hydroxylation is 1. The van der Waals surface area contributed by atoms with Crippen LogP contribution in [0.3, 0.4) is 0 Å². The van der Waals surface area contributed by atoms with Gasteiger partial charge in [0.15, 0.2) is 0 Å². The molecule has 0 aliphatic rings. The number of carboxylic acids is 1. The molecule has 1 aromatic carbocycles. The van der Waals surface area contributed by atoms with E-state index in [1.165, 1.54) is 6.07 Å². The minimum Gasteiger partial charge on any atom is -0.478 e. The quantitative estimate of drug-likeness (QED) is 0.381.